The Morgan fingerprint density at radius 1 is 1.38 bits per heavy atom. The molecule has 1 atom stereocenters. The Bertz CT molecular complexity index is 338. The zero-order valence-corrected chi connectivity index (χ0v) is 8.83. The minimum absolute atomic E-state index is 0.0447. The first kappa shape index (κ1) is 12.3. The van der Waals surface area contributed by atoms with Crippen LogP contribution in [0.1, 0.15) is 5.56 Å². The highest BCUT2D eigenvalue weighted by Crippen LogP contribution is 2.11. The number of rotatable bonds is 6. The average molecular weight is 227 g/mol. The molecule has 6 heteroatoms. The molecule has 88 valence electrons. The van der Waals surface area contributed by atoms with Crippen molar-refractivity contribution in [1.82, 2.24) is 0 Å². The Hall–Kier alpha value is -1.82. The van der Waals surface area contributed by atoms with Gasteiger partial charge in [-0.2, -0.15) is 0 Å². The molecule has 0 aliphatic rings. The number of benzene rings is 1. The van der Waals surface area contributed by atoms with Gasteiger partial charge in [0.15, 0.2) is 0 Å². The van der Waals surface area contributed by atoms with Gasteiger partial charge in [0.1, 0.15) is 25.1 Å². The van der Waals surface area contributed by atoms with E-state index in [1.54, 1.807) is 12.1 Å². The lowest BCUT2D eigenvalue weighted by molar-refractivity contribution is -0.759. The second-order valence-electron chi connectivity index (χ2n) is 3.30. The predicted octanol–water partition coefficient (Wildman–Crippen LogP) is 0.943. The van der Waals surface area contributed by atoms with Crippen molar-refractivity contribution in [3.05, 3.63) is 39.9 Å². The van der Waals surface area contributed by atoms with Crippen LogP contribution in [0, 0.1) is 17.0 Å². The number of nitrogens with zero attached hydrogens (tertiary/aromatic N) is 1. The molecule has 0 heterocycles. The third-order valence-electron chi connectivity index (χ3n) is 1.84. The molecule has 0 aliphatic carbocycles. The highest BCUT2D eigenvalue weighted by atomic mass is 17.0. The van der Waals surface area contributed by atoms with Gasteiger partial charge in [-0.05, 0) is 19.1 Å². The van der Waals surface area contributed by atoms with Gasteiger partial charge >= 0.3 is 0 Å². The van der Waals surface area contributed by atoms with E-state index in [9.17, 15) is 15.2 Å². The van der Waals surface area contributed by atoms with Crippen LogP contribution in [0.3, 0.4) is 0 Å². The van der Waals surface area contributed by atoms with Gasteiger partial charge in [-0.1, -0.05) is 17.7 Å². The van der Waals surface area contributed by atoms with E-state index in [-0.39, 0.29) is 6.61 Å². The number of hydrogen-bond acceptors (Lipinski definition) is 5. The molecule has 1 aromatic rings. The van der Waals surface area contributed by atoms with Crippen LogP contribution < -0.4 is 4.74 Å². The van der Waals surface area contributed by atoms with Gasteiger partial charge in [-0.25, -0.2) is 0 Å². The third kappa shape index (κ3) is 4.61. The zero-order chi connectivity index (χ0) is 12.0. The number of hydrogen-bond donors (Lipinski definition) is 1. The summed E-state index contributed by atoms with van der Waals surface area (Å²) in [6.07, 6.45) is -1.02. The normalized spacial score (nSPS) is 11.9. The minimum atomic E-state index is -1.02. The Balaban J connectivity index is 2.28. The maximum absolute atomic E-state index is 9.85. The SMILES string of the molecule is Cc1ccc(OC[C@@H](O)CO[N+](=O)[O-])cc1. The molecule has 6 nitrogen and oxygen atoms in total. The van der Waals surface area contributed by atoms with Crippen molar-refractivity contribution in [3.63, 3.8) is 0 Å². The van der Waals surface area contributed by atoms with Gasteiger partial charge in [0.05, 0.1) is 0 Å². The molecule has 0 saturated heterocycles. The van der Waals surface area contributed by atoms with Gasteiger partial charge in [0.2, 0.25) is 0 Å². The minimum Gasteiger partial charge on any atom is -0.491 e. The lowest BCUT2D eigenvalue weighted by Crippen LogP contribution is -2.24. The van der Waals surface area contributed by atoms with Crippen LogP contribution in [0.15, 0.2) is 24.3 Å². The maximum atomic E-state index is 9.85. The highest BCUT2D eigenvalue weighted by molar-refractivity contribution is 5.26. The Morgan fingerprint density at radius 2 is 2.00 bits per heavy atom. The fourth-order valence-electron chi connectivity index (χ4n) is 1.02. The quantitative estimate of drug-likeness (QED) is 0.577. The van der Waals surface area contributed by atoms with Crippen LogP contribution in [0.25, 0.3) is 0 Å². The van der Waals surface area contributed by atoms with Gasteiger partial charge in [-0.15, -0.1) is 10.1 Å². The van der Waals surface area contributed by atoms with Crippen molar-refractivity contribution in [2.45, 2.75) is 13.0 Å². The highest BCUT2D eigenvalue weighted by Gasteiger charge is 2.07. The summed E-state index contributed by atoms with van der Waals surface area (Å²) in [7, 11) is 0. The van der Waals surface area contributed by atoms with Crippen LogP contribution in [-0.4, -0.2) is 29.5 Å². The van der Waals surface area contributed by atoms with E-state index in [2.05, 4.69) is 4.84 Å². The molecule has 0 fully saturated rings. The van der Waals surface area contributed by atoms with E-state index >= 15 is 0 Å². The first-order valence-corrected chi connectivity index (χ1v) is 4.73. The molecular weight excluding hydrogens is 214 g/mol. The Morgan fingerprint density at radius 3 is 2.56 bits per heavy atom. The topological polar surface area (TPSA) is 81.8 Å². The van der Waals surface area contributed by atoms with Crippen molar-refractivity contribution in [3.8, 4) is 5.75 Å². The fourth-order valence-corrected chi connectivity index (χ4v) is 1.02. The van der Waals surface area contributed by atoms with Crippen molar-refractivity contribution in [2.24, 2.45) is 0 Å². The first-order valence-electron chi connectivity index (χ1n) is 4.73. The first-order chi connectivity index (χ1) is 7.58. The number of aryl methyl sites for hydroxylation is 1. The van der Waals surface area contributed by atoms with Gasteiger partial charge in [0.25, 0.3) is 5.09 Å². The Kier molecular flexibility index (Phi) is 4.53. The molecule has 0 amide bonds. The summed E-state index contributed by atoms with van der Waals surface area (Å²) in [4.78, 5) is 13.9. The molecule has 0 aliphatic heterocycles. The molecule has 0 aromatic heterocycles. The summed E-state index contributed by atoms with van der Waals surface area (Å²) in [6.45, 7) is 1.51. The summed E-state index contributed by atoms with van der Waals surface area (Å²) in [5.74, 6) is 0.603. The molecule has 0 unspecified atom stereocenters. The summed E-state index contributed by atoms with van der Waals surface area (Å²) in [5.41, 5.74) is 1.10. The molecule has 16 heavy (non-hydrogen) atoms. The molecule has 0 saturated carbocycles. The summed E-state index contributed by atoms with van der Waals surface area (Å²) < 4.78 is 5.20. The summed E-state index contributed by atoms with van der Waals surface area (Å²) >= 11 is 0. The smallest absolute Gasteiger partial charge is 0.294 e. The Labute approximate surface area is 92.5 Å². The second kappa shape index (κ2) is 5.92. The van der Waals surface area contributed by atoms with Crippen molar-refractivity contribution in [1.29, 1.82) is 0 Å². The van der Waals surface area contributed by atoms with E-state index in [4.69, 9.17) is 4.74 Å². The molecule has 0 bridgehead atoms. The zero-order valence-electron chi connectivity index (χ0n) is 8.83. The maximum Gasteiger partial charge on any atom is 0.294 e. The van der Waals surface area contributed by atoms with Crippen LogP contribution in [0.4, 0.5) is 0 Å². The third-order valence-corrected chi connectivity index (χ3v) is 1.84. The van der Waals surface area contributed by atoms with Crippen molar-refractivity contribution in [2.75, 3.05) is 13.2 Å². The number of aliphatic hydroxyl groups excluding tert-OH is 1. The summed E-state index contributed by atoms with van der Waals surface area (Å²) in [6, 6.07) is 7.26. The van der Waals surface area contributed by atoms with Gasteiger partial charge in [0, 0.05) is 0 Å². The van der Waals surface area contributed by atoms with Crippen LogP contribution in [-0.2, 0) is 4.84 Å². The van der Waals surface area contributed by atoms with E-state index in [0.717, 1.165) is 5.56 Å². The standard InChI is InChI=1S/C10H13NO5/c1-8-2-4-10(5-3-8)15-6-9(12)7-16-11(13)14/h2-5,9,12H,6-7H2,1H3/t9-/m1/s1. The van der Waals surface area contributed by atoms with Crippen LogP contribution in [0.2, 0.25) is 0 Å². The van der Waals surface area contributed by atoms with Crippen molar-refractivity contribution < 1.29 is 19.8 Å². The molecule has 0 spiro atoms. The van der Waals surface area contributed by atoms with E-state index in [1.165, 1.54) is 0 Å². The van der Waals surface area contributed by atoms with Gasteiger partial charge < -0.3 is 14.7 Å². The molecule has 1 aromatic carbocycles. The predicted molar refractivity (Wildman–Crippen MR) is 55.6 cm³/mol. The molecule has 1 rings (SSSR count). The largest absolute Gasteiger partial charge is 0.491 e. The fraction of sp³-hybridized carbons (Fsp3) is 0.400. The van der Waals surface area contributed by atoms with E-state index in [1.807, 2.05) is 19.1 Å². The van der Waals surface area contributed by atoms with E-state index in [0.29, 0.717) is 5.75 Å². The molecule has 0 radical (unpaired) electrons. The van der Waals surface area contributed by atoms with Gasteiger partial charge in [-0.3, -0.25) is 0 Å². The number of ether oxygens (including phenoxy) is 1. The van der Waals surface area contributed by atoms with Crippen LogP contribution in [0.5, 0.6) is 5.75 Å². The molecule has 1 N–H and O–H groups in total. The van der Waals surface area contributed by atoms with E-state index < -0.39 is 17.8 Å². The lowest BCUT2D eigenvalue weighted by atomic mass is 10.2. The summed E-state index contributed by atoms with van der Waals surface area (Å²) in [5, 5.41) is 18.2. The van der Waals surface area contributed by atoms with Crippen LogP contribution >= 0.6 is 0 Å². The lowest BCUT2D eigenvalue weighted by Gasteiger charge is -2.11. The monoisotopic (exact) mass is 227 g/mol. The second-order valence-corrected chi connectivity index (χ2v) is 3.30. The number of aliphatic hydroxyl groups is 1. The average Bonchev–Trinajstić information content (AvgIpc) is 2.25. The molecular formula is C10H13NO5. The van der Waals surface area contributed by atoms with Crippen molar-refractivity contribution >= 4 is 0 Å².